The quantitative estimate of drug-likeness (QED) is 0.744. The van der Waals surface area contributed by atoms with Gasteiger partial charge in [-0.2, -0.15) is 0 Å². The largest absolute Gasteiger partial charge is 0.311 e. The monoisotopic (exact) mass is 246 g/mol. The molecule has 0 unspecified atom stereocenters. The van der Waals surface area contributed by atoms with Crippen LogP contribution >= 0.6 is 0 Å². The Hall–Kier alpha value is -0.860. The highest BCUT2D eigenvalue weighted by atomic mass is 15.2. The molecule has 0 amide bonds. The van der Waals surface area contributed by atoms with E-state index in [1.54, 1.807) is 0 Å². The van der Waals surface area contributed by atoms with Gasteiger partial charge in [0.05, 0.1) is 0 Å². The second-order valence-corrected chi connectivity index (χ2v) is 5.78. The zero-order valence-electron chi connectivity index (χ0n) is 11.9. The van der Waals surface area contributed by atoms with Crippen LogP contribution < -0.4 is 5.32 Å². The van der Waals surface area contributed by atoms with E-state index in [0.29, 0.717) is 5.92 Å². The molecule has 0 bridgehead atoms. The third kappa shape index (κ3) is 4.11. The summed E-state index contributed by atoms with van der Waals surface area (Å²) in [5.41, 5.74) is 2.81. The van der Waals surface area contributed by atoms with E-state index in [-0.39, 0.29) is 0 Å². The van der Waals surface area contributed by atoms with Gasteiger partial charge in [0.1, 0.15) is 0 Å². The molecule has 2 nitrogen and oxygen atoms in total. The van der Waals surface area contributed by atoms with Crippen molar-refractivity contribution < 1.29 is 0 Å². The first-order valence-electron chi connectivity index (χ1n) is 7.16. The van der Waals surface area contributed by atoms with E-state index in [2.05, 4.69) is 55.4 Å². The van der Waals surface area contributed by atoms with Gasteiger partial charge in [0.25, 0.3) is 0 Å². The molecule has 0 aliphatic heterocycles. The van der Waals surface area contributed by atoms with Crippen LogP contribution in [-0.4, -0.2) is 31.1 Å². The van der Waals surface area contributed by atoms with Crippen molar-refractivity contribution in [1.82, 2.24) is 10.2 Å². The first kappa shape index (κ1) is 13.6. The Morgan fingerprint density at radius 2 is 1.89 bits per heavy atom. The Kier molecular flexibility index (Phi) is 4.79. The number of hydrogen-bond acceptors (Lipinski definition) is 2. The average Bonchev–Trinajstić information content (AvgIpc) is 3.19. The van der Waals surface area contributed by atoms with Crippen LogP contribution in [0.3, 0.4) is 0 Å². The highest BCUT2D eigenvalue weighted by molar-refractivity contribution is 5.24. The lowest BCUT2D eigenvalue weighted by atomic mass is 10.0. The summed E-state index contributed by atoms with van der Waals surface area (Å²) >= 11 is 0. The predicted octanol–water partition coefficient (Wildman–Crippen LogP) is 2.99. The Labute approximate surface area is 111 Å². The second-order valence-electron chi connectivity index (χ2n) is 5.78. The molecular formula is C16H26N2. The number of benzene rings is 1. The zero-order valence-corrected chi connectivity index (χ0v) is 11.9. The van der Waals surface area contributed by atoms with Crippen LogP contribution in [0.25, 0.3) is 0 Å². The first-order chi connectivity index (χ1) is 8.66. The van der Waals surface area contributed by atoms with Crippen LogP contribution in [0.4, 0.5) is 0 Å². The lowest BCUT2D eigenvalue weighted by molar-refractivity contribution is 0.321. The summed E-state index contributed by atoms with van der Waals surface area (Å²) < 4.78 is 0. The molecule has 0 radical (unpaired) electrons. The SMILES string of the molecule is CC(C)c1ccc(CNCCN(C)C2CC2)cc1. The predicted molar refractivity (Wildman–Crippen MR) is 77.9 cm³/mol. The van der Waals surface area contributed by atoms with Gasteiger partial charge in [-0.15, -0.1) is 0 Å². The number of rotatable bonds is 7. The van der Waals surface area contributed by atoms with E-state index < -0.39 is 0 Å². The van der Waals surface area contributed by atoms with E-state index in [4.69, 9.17) is 0 Å². The van der Waals surface area contributed by atoms with E-state index >= 15 is 0 Å². The number of hydrogen-bond donors (Lipinski definition) is 1. The molecule has 0 aromatic heterocycles. The van der Waals surface area contributed by atoms with E-state index in [0.717, 1.165) is 25.7 Å². The molecule has 1 saturated carbocycles. The minimum atomic E-state index is 0.624. The number of nitrogens with zero attached hydrogens (tertiary/aromatic N) is 1. The van der Waals surface area contributed by atoms with Crippen molar-refractivity contribution in [2.75, 3.05) is 20.1 Å². The van der Waals surface area contributed by atoms with Crippen molar-refractivity contribution in [2.24, 2.45) is 0 Å². The lowest BCUT2D eigenvalue weighted by Gasteiger charge is -2.15. The molecule has 1 aromatic carbocycles. The van der Waals surface area contributed by atoms with Gasteiger partial charge in [-0.1, -0.05) is 38.1 Å². The van der Waals surface area contributed by atoms with E-state index in [9.17, 15) is 0 Å². The molecule has 1 aliphatic carbocycles. The van der Waals surface area contributed by atoms with Crippen molar-refractivity contribution in [2.45, 2.75) is 45.2 Å². The van der Waals surface area contributed by atoms with E-state index in [1.807, 2.05) is 0 Å². The highest BCUT2D eigenvalue weighted by Crippen LogP contribution is 2.24. The maximum Gasteiger partial charge on any atom is 0.0206 e. The third-order valence-corrected chi connectivity index (χ3v) is 3.79. The van der Waals surface area contributed by atoms with Crippen molar-refractivity contribution in [3.05, 3.63) is 35.4 Å². The minimum Gasteiger partial charge on any atom is -0.311 e. The van der Waals surface area contributed by atoms with Gasteiger partial charge < -0.3 is 10.2 Å². The molecule has 1 aromatic rings. The third-order valence-electron chi connectivity index (χ3n) is 3.79. The molecule has 1 fully saturated rings. The normalized spacial score (nSPS) is 15.6. The summed E-state index contributed by atoms with van der Waals surface area (Å²) in [5, 5.41) is 3.52. The Morgan fingerprint density at radius 1 is 1.22 bits per heavy atom. The standard InChI is InChI=1S/C16H26N2/c1-13(2)15-6-4-14(5-7-15)12-17-10-11-18(3)16-8-9-16/h4-7,13,16-17H,8-12H2,1-3H3. The van der Waals surface area contributed by atoms with Crippen LogP contribution in [0.1, 0.15) is 43.7 Å². The van der Waals surface area contributed by atoms with Crippen LogP contribution in [0.2, 0.25) is 0 Å². The zero-order chi connectivity index (χ0) is 13.0. The van der Waals surface area contributed by atoms with Crippen molar-refractivity contribution in [3.8, 4) is 0 Å². The summed E-state index contributed by atoms with van der Waals surface area (Å²) in [6, 6.07) is 9.85. The van der Waals surface area contributed by atoms with Gasteiger partial charge >= 0.3 is 0 Å². The fourth-order valence-corrected chi connectivity index (χ4v) is 2.21. The smallest absolute Gasteiger partial charge is 0.0206 e. The summed E-state index contributed by atoms with van der Waals surface area (Å²) in [7, 11) is 2.23. The van der Waals surface area contributed by atoms with E-state index in [1.165, 1.54) is 24.0 Å². The lowest BCUT2D eigenvalue weighted by Crippen LogP contribution is -2.30. The van der Waals surface area contributed by atoms with Crippen molar-refractivity contribution >= 4 is 0 Å². The molecule has 1 aliphatic rings. The molecule has 0 spiro atoms. The van der Waals surface area contributed by atoms with Crippen LogP contribution in [0, 0.1) is 0 Å². The summed E-state index contributed by atoms with van der Waals surface area (Å²) in [6.45, 7) is 7.70. The molecule has 0 saturated heterocycles. The van der Waals surface area contributed by atoms with Crippen LogP contribution in [-0.2, 0) is 6.54 Å². The van der Waals surface area contributed by atoms with Crippen molar-refractivity contribution in [3.63, 3.8) is 0 Å². The van der Waals surface area contributed by atoms with Crippen molar-refractivity contribution in [1.29, 1.82) is 0 Å². The average molecular weight is 246 g/mol. The fraction of sp³-hybridized carbons (Fsp3) is 0.625. The van der Waals surface area contributed by atoms with Gasteiger partial charge in [-0.05, 0) is 36.9 Å². The topological polar surface area (TPSA) is 15.3 Å². The number of likely N-dealkylation sites (N-methyl/N-ethyl adjacent to an activating group) is 1. The molecule has 0 atom stereocenters. The highest BCUT2D eigenvalue weighted by Gasteiger charge is 2.25. The van der Waals surface area contributed by atoms with Gasteiger partial charge in [0, 0.05) is 25.7 Å². The Balaban J connectivity index is 1.66. The number of nitrogens with one attached hydrogen (secondary N) is 1. The first-order valence-corrected chi connectivity index (χ1v) is 7.16. The molecule has 18 heavy (non-hydrogen) atoms. The van der Waals surface area contributed by atoms with Crippen LogP contribution in [0.5, 0.6) is 0 Å². The molecule has 0 heterocycles. The molecule has 2 rings (SSSR count). The maximum atomic E-state index is 3.52. The van der Waals surface area contributed by atoms with Gasteiger partial charge in [-0.3, -0.25) is 0 Å². The van der Waals surface area contributed by atoms with Crippen LogP contribution in [0.15, 0.2) is 24.3 Å². The minimum absolute atomic E-state index is 0.624. The summed E-state index contributed by atoms with van der Waals surface area (Å²) in [4.78, 5) is 2.47. The van der Waals surface area contributed by atoms with Gasteiger partial charge in [0.2, 0.25) is 0 Å². The molecule has 1 N–H and O–H groups in total. The fourth-order valence-electron chi connectivity index (χ4n) is 2.21. The molecule has 100 valence electrons. The summed E-state index contributed by atoms with van der Waals surface area (Å²) in [6.07, 6.45) is 2.79. The molecule has 2 heteroatoms. The van der Waals surface area contributed by atoms with Gasteiger partial charge in [0.15, 0.2) is 0 Å². The molecular weight excluding hydrogens is 220 g/mol. The second kappa shape index (κ2) is 6.35. The Morgan fingerprint density at radius 3 is 2.44 bits per heavy atom. The van der Waals surface area contributed by atoms with Gasteiger partial charge in [-0.25, -0.2) is 0 Å². The Bertz CT molecular complexity index is 352. The maximum absolute atomic E-state index is 3.52. The summed E-state index contributed by atoms with van der Waals surface area (Å²) in [5.74, 6) is 0.624.